The quantitative estimate of drug-likeness (QED) is 0.642. The molecule has 0 amide bonds. The summed E-state index contributed by atoms with van der Waals surface area (Å²) < 4.78 is 5.71. The summed E-state index contributed by atoms with van der Waals surface area (Å²) in [5.74, 6) is 0.994. The van der Waals surface area contributed by atoms with Gasteiger partial charge in [-0.05, 0) is 25.2 Å². The van der Waals surface area contributed by atoms with Crippen molar-refractivity contribution in [3.63, 3.8) is 0 Å². The van der Waals surface area contributed by atoms with Crippen LogP contribution in [0.4, 0.5) is 5.69 Å². The van der Waals surface area contributed by atoms with E-state index >= 15 is 0 Å². The van der Waals surface area contributed by atoms with E-state index in [2.05, 4.69) is 18.0 Å². The van der Waals surface area contributed by atoms with Gasteiger partial charge in [-0.3, -0.25) is 0 Å². The first kappa shape index (κ1) is 11.8. The van der Waals surface area contributed by atoms with Crippen molar-refractivity contribution in [3.8, 4) is 0 Å². The topological polar surface area (TPSA) is 38.5 Å². The van der Waals surface area contributed by atoms with Crippen LogP contribution in [-0.2, 0) is 4.74 Å². The van der Waals surface area contributed by atoms with E-state index in [-0.39, 0.29) is 0 Å². The lowest BCUT2D eigenvalue weighted by Gasteiger charge is -2.29. The van der Waals surface area contributed by atoms with Crippen molar-refractivity contribution < 1.29 is 4.74 Å². The molecule has 1 atom stereocenters. The lowest BCUT2D eigenvalue weighted by atomic mass is 10.3. The molecule has 1 aromatic rings. The summed E-state index contributed by atoms with van der Waals surface area (Å²) >= 11 is 1.81. The zero-order chi connectivity index (χ0) is 11.4. The summed E-state index contributed by atoms with van der Waals surface area (Å²) in [6, 6.07) is 8.01. The number of hydrogen-bond donors (Lipinski definition) is 1. The molecular weight excluding hydrogens is 220 g/mol. The number of nitrogens with zero attached hydrogens (tertiary/aromatic N) is 1. The van der Waals surface area contributed by atoms with Crippen molar-refractivity contribution >= 4 is 17.4 Å². The number of ether oxygens (including phenoxy) is 1. The molecule has 1 aromatic carbocycles. The number of nitrogens with two attached hydrogens (primary N) is 1. The van der Waals surface area contributed by atoms with Crippen LogP contribution in [0.2, 0.25) is 0 Å². The number of likely N-dealkylation sites (N-methyl/N-ethyl adjacent to an activating group) is 1. The molecule has 1 heterocycles. The summed E-state index contributed by atoms with van der Waals surface area (Å²) in [5.41, 5.74) is 6.56. The van der Waals surface area contributed by atoms with Crippen molar-refractivity contribution in [2.75, 3.05) is 38.2 Å². The van der Waals surface area contributed by atoms with E-state index < -0.39 is 0 Å². The highest BCUT2D eigenvalue weighted by Crippen LogP contribution is 2.22. The molecule has 1 aliphatic heterocycles. The number of nitrogen functional groups attached to an aromatic ring is 1. The Hall–Kier alpha value is -0.710. The zero-order valence-electron chi connectivity index (χ0n) is 9.56. The molecule has 0 aliphatic carbocycles. The molecule has 0 aromatic heterocycles. The van der Waals surface area contributed by atoms with Gasteiger partial charge in [0.1, 0.15) is 0 Å². The van der Waals surface area contributed by atoms with Gasteiger partial charge in [-0.2, -0.15) is 0 Å². The van der Waals surface area contributed by atoms with Gasteiger partial charge in [0.15, 0.2) is 0 Å². The predicted molar refractivity (Wildman–Crippen MR) is 68.8 cm³/mol. The van der Waals surface area contributed by atoms with E-state index in [0.29, 0.717) is 6.10 Å². The Balaban J connectivity index is 1.82. The van der Waals surface area contributed by atoms with Crippen LogP contribution in [0.15, 0.2) is 29.2 Å². The zero-order valence-corrected chi connectivity index (χ0v) is 10.4. The van der Waals surface area contributed by atoms with Crippen molar-refractivity contribution in [1.29, 1.82) is 0 Å². The Morgan fingerprint density at radius 3 is 3.19 bits per heavy atom. The smallest absolute Gasteiger partial charge is 0.0796 e. The summed E-state index contributed by atoms with van der Waals surface area (Å²) in [7, 11) is 2.14. The fourth-order valence-corrected chi connectivity index (χ4v) is 2.74. The van der Waals surface area contributed by atoms with E-state index in [1.54, 1.807) is 0 Å². The minimum absolute atomic E-state index is 0.338. The lowest BCUT2D eigenvalue weighted by molar-refractivity contribution is -0.00598. The van der Waals surface area contributed by atoms with Gasteiger partial charge >= 0.3 is 0 Å². The normalized spacial score (nSPS) is 22.2. The van der Waals surface area contributed by atoms with Gasteiger partial charge in [0, 0.05) is 29.4 Å². The first-order chi connectivity index (χ1) is 7.74. The number of thioether (sulfide) groups is 1. The third-order valence-corrected chi connectivity index (χ3v) is 3.76. The summed E-state index contributed by atoms with van der Waals surface area (Å²) in [4.78, 5) is 3.53. The maximum absolute atomic E-state index is 5.74. The molecule has 2 N–H and O–H groups in total. The Labute approximate surface area is 101 Å². The Morgan fingerprint density at radius 2 is 2.44 bits per heavy atom. The minimum atomic E-state index is 0.338. The second-order valence-corrected chi connectivity index (χ2v) is 5.23. The van der Waals surface area contributed by atoms with Crippen LogP contribution in [0.3, 0.4) is 0 Å². The van der Waals surface area contributed by atoms with Crippen molar-refractivity contribution in [1.82, 2.24) is 4.90 Å². The molecule has 1 aliphatic rings. The molecule has 1 saturated heterocycles. The lowest BCUT2D eigenvalue weighted by Crippen LogP contribution is -2.41. The summed E-state index contributed by atoms with van der Waals surface area (Å²) in [6.45, 7) is 2.91. The largest absolute Gasteiger partial charge is 0.399 e. The average molecular weight is 238 g/mol. The molecule has 0 saturated carbocycles. The SMILES string of the molecule is CN1CCOC(CSc2cccc(N)c2)C1. The highest BCUT2D eigenvalue weighted by molar-refractivity contribution is 7.99. The second kappa shape index (κ2) is 5.57. The molecule has 1 fully saturated rings. The maximum atomic E-state index is 5.74. The van der Waals surface area contributed by atoms with Crippen molar-refractivity contribution in [2.24, 2.45) is 0 Å². The molecule has 0 radical (unpaired) electrons. The Kier molecular flexibility index (Phi) is 4.09. The van der Waals surface area contributed by atoms with Gasteiger partial charge in [0.05, 0.1) is 12.7 Å². The van der Waals surface area contributed by atoms with Gasteiger partial charge in [-0.1, -0.05) is 6.07 Å². The Morgan fingerprint density at radius 1 is 1.56 bits per heavy atom. The van der Waals surface area contributed by atoms with E-state index in [0.717, 1.165) is 31.1 Å². The standard InChI is InChI=1S/C12H18N2OS/c1-14-5-6-15-11(8-14)9-16-12-4-2-3-10(13)7-12/h2-4,7,11H,5-6,8-9,13H2,1H3. The van der Waals surface area contributed by atoms with E-state index in [1.807, 2.05) is 30.0 Å². The number of morpholine rings is 1. The summed E-state index contributed by atoms with van der Waals surface area (Å²) in [6.07, 6.45) is 0.338. The van der Waals surface area contributed by atoms with Crippen molar-refractivity contribution in [3.05, 3.63) is 24.3 Å². The highest BCUT2D eigenvalue weighted by atomic mass is 32.2. The first-order valence-corrected chi connectivity index (χ1v) is 6.51. The molecule has 0 spiro atoms. The minimum Gasteiger partial charge on any atom is -0.399 e. The number of hydrogen-bond acceptors (Lipinski definition) is 4. The van der Waals surface area contributed by atoms with Gasteiger partial charge in [-0.25, -0.2) is 0 Å². The monoisotopic (exact) mass is 238 g/mol. The fourth-order valence-electron chi connectivity index (χ4n) is 1.76. The van der Waals surface area contributed by atoms with Crippen LogP contribution < -0.4 is 5.73 Å². The van der Waals surface area contributed by atoms with Crippen LogP contribution in [0.25, 0.3) is 0 Å². The van der Waals surface area contributed by atoms with Crippen molar-refractivity contribution in [2.45, 2.75) is 11.0 Å². The number of rotatable bonds is 3. The van der Waals surface area contributed by atoms with Gasteiger partial charge in [0.2, 0.25) is 0 Å². The molecule has 16 heavy (non-hydrogen) atoms. The van der Waals surface area contributed by atoms with Crippen LogP contribution in [-0.4, -0.2) is 43.5 Å². The maximum Gasteiger partial charge on any atom is 0.0796 e. The molecular formula is C12H18N2OS. The van der Waals surface area contributed by atoms with Crippen LogP contribution in [0, 0.1) is 0 Å². The number of anilines is 1. The van der Waals surface area contributed by atoms with Gasteiger partial charge < -0.3 is 15.4 Å². The van der Waals surface area contributed by atoms with E-state index in [4.69, 9.17) is 10.5 Å². The molecule has 2 rings (SSSR count). The van der Waals surface area contributed by atoms with Crippen LogP contribution in [0.5, 0.6) is 0 Å². The third-order valence-electron chi connectivity index (χ3n) is 2.64. The molecule has 1 unspecified atom stereocenters. The van der Waals surface area contributed by atoms with Crippen LogP contribution >= 0.6 is 11.8 Å². The molecule has 88 valence electrons. The third kappa shape index (κ3) is 3.40. The fraction of sp³-hybridized carbons (Fsp3) is 0.500. The summed E-state index contributed by atoms with van der Waals surface area (Å²) in [5, 5.41) is 0. The van der Waals surface area contributed by atoms with Gasteiger partial charge in [0.25, 0.3) is 0 Å². The van der Waals surface area contributed by atoms with E-state index in [9.17, 15) is 0 Å². The number of benzene rings is 1. The highest BCUT2D eigenvalue weighted by Gasteiger charge is 2.17. The second-order valence-electron chi connectivity index (χ2n) is 4.14. The Bertz CT molecular complexity index is 346. The van der Waals surface area contributed by atoms with E-state index in [1.165, 1.54) is 4.90 Å². The average Bonchev–Trinajstić information content (AvgIpc) is 2.27. The van der Waals surface area contributed by atoms with Crippen LogP contribution in [0.1, 0.15) is 0 Å². The first-order valence-electron chi connectivity index (χ1n) is 5.52. The predicted octanol–water partition coefficient (Wildman–Crippen LogP) is 1.69. The molecule has 0 bridgehead atoms. The molecule has 4 heteroatoms. The molecule has 3 nitrogen and oxygen atoms in total. The van der Waals surface area contributed by atoms with Gasteiger partial charge in [-0.15, -0.1) is 11.8 Å².